The molecule has 4 nitrogen and oxygen atoms in total. The Bertz CT molecular complexity index is 745. The summed E-state index contributed by atoms with van der Waals surface area (Å²) in [6.45, 7) is 3.62. The van der Waals surface area contributed by atoms with Crippen molar-refractivity contribution in [2.45, 2.75) is 32.2 Å². The second-order valence-corrected chi connectivity index (χ2v) is 6.17. The fourth-order valence-corrected chi connectivity index (χ4v) is 3.45. The van der Waals surface area contributed by atoms with E-state index in [-0.39, 0.29) is 24.5 Å². The number of aliphatic hydroxyl groups excluding tert-OH is 1. The maximum Gasteiger partial charge on any atom is 0.219 e. The molecule has 0 aliphatic heterocycles. The van der Waals surface area contributed by atoms with Gasteiger partial charge in [-0.2, -0.15) is 0 Å². The molecule has 1 heterocycles. The average Bonchev–Trinajstić information content (AvgIpc) is 2.94. The van der Waals surface area contributed by atoms with Crippen molar-refractivity contribution in [1.82, 2.24) is 9.88 Å². The van der Waals surface area contributed by atoms with E-state index in [1.807, 2.05) is 25.1 Å². The second-order valence-electron chi connectivity index (χ2n) is 6.17. The number of hydrogen-bond donors (Lipinski definition) is 2. The van der Waals surface area contributed by atoms with Crippen LogP contribution in [0.15, 0.2) is 36.0 Å². The van der Waals surface area contributed by atoms with Crippen molar-refractivity contribution < 1.29 is 9.90 Å². The van der Waals surface area contributed by atoms with Crippen molar-refractivity contribution in [3.8, 4) is 0 Å². The molecule has 1 aromatic carbocycles. The molecule has 1 aromatic heterocycles. The number of nitrogens with zero attached hydrogens (tertiary/aromatic N) is 1. The number of carbonyl (C=O) groups is 1. The van der Waals surface area contributed by atoms with Crippen LogP contribution in [0.3, 0.4) is 0 Å². The summed E-state index contributed by atoms with van der Waals surface area (Å²) in [5.41, 5.74) is 4.53. The number of rotatable bonds is 3. The SMILES string of the molecule is CC(=O)N(C)C1CC(/C=C(/C)CO)c2cccc3[nH]cc1c23. The summed E-state index contributed by atoms with van der Waals surface area (Å²) >= 11 is 0. The van der Waals surface area contributed by atoms with E-state index in [2.05, 4.69) is 29.3 Å². The van der Waals surface area contributed by atoms with Crippen LogP contribution in [0.4, 0.5) is 0 Å². The molecule has 2 unspecified atom stereocenters. The van der Waals surface area contributed by atoms with Crippen molar-refractivity contribution in [2.24, 2.45) is 0 Å². The molecule has 116 valence electrons. The van der Waals surface area contributed by atoms with E-state index in [9.17, 15) is 9.90 Å². The summed E-state index contributed by atoms with van der Waals surface area (Å²) in [6.07, 6.45) is 5.00. The minimum absolute atomic E-state index is 0.0638. The Labute approximate surface area is 130 Å². The molecule has 2 atom stereocenters. The lowest BCUT2D eigenvalue weighted by Gasteiger charge is -2.34. The topological polar surface area (TPSA) is 56.3 Å². The van der Waals surface area contributed by atoms with Crippen molar-refractivity contribution in [3.63, 3.8) is 0 Å². The van der Waals surface area contributed by atoms with E-state index in [1.54, 1.807) is 6.92 Å². The lowest BCUT2D eigenvalue weighted by Crippen LogP contribution is -2.31. The van der Waals surface area contributed by atoms with Crippen LogP contribution >= 0.6 is 0 Å². The van der Waals surface area contributed by atoms with Crippen LogP contribution in [0.5, 0.6) is 0 Å². The van der Waals surface area contributed by atoms with Gasteiger partial charge < -0.3 is 15.0 Å². The first kappa shape index (κ1) is 14.9. The largest absolute Gasteiger partial charge is 0.392 e. The number of hydrogen-bond acceptors (Lipinski definition) is 2. The third kappa shape index (κ3) is 2.33. The number of aromatic amines is 1. The molecule has 3 rings (SSSR count). The molecule has 0 spiro atoms. The van der Waals surface area contributed by atoms with Crippen LogP contribution in [-0.4, -0.2) is 34.6 Å². The molecule has 1 aliphatic carbocycles. The molecule has 1 aliphatic rings. The number of nitrogens with one attached hydrogen (secondary N) is 1. The van der Waals surface area contributed by atoms with Crippen LogP contribution in [0.25, 0.3) is 10.9 Å². The van der Waals surface area contributed by atoms with Crippen LogP contribution in [0.2, 0.25) is 0 Å². The van der Waals surface area contributed by atoms with Crippen LogP contribution < -0.4 is 0 Å². The lowest BCUT2D eigenvalue weighted by molar-refractivity contribution is -0.129. The van der Waals surface area contributed by atoms with Gasteiger partial charge >= 0.3 is 0 Å². The number of aliphatic hydroxyl groups is 1. The van der Waals surface area contributed by atoms with Gasteiger partial charge in [0.2, 0.25) is 5.91 Å². The quantitative estimate of drug-likeness (QED) is 0.855. The number of aromatic nitrogens is 1. The Morgan fingerprint density at radius 1 is 1.41 bits per heavy atom. The first-order valence-electron chi connectivity index (χ1n) is 7.64. The Kier molecular flexibility index (Phi) is 3.79. The summed E-state index contributed by atoms with van der Waals surface area (Å²) < 4.78 is 0. The number of carbonyl (C=O) groups excluding carboxylic acids is 1. The highest BCUT2D eigenvalue weighted by atomic mass is 16.3. The van der Waals surface area contributed by atoms with E-state index < -0.39 is 0 Å². The molecule has 2 N–H and O–H groups in total. The van der Waals surface area contributed by atoms with Gasteiger partial charge in [-0.1, -0.05) is 23.8 Å². The van der Waals surface area contributed by atoms with Gasteiger partial charge in [0.15, 0.2) is 0 Å². The number of benzene rings is 1. The average molecular weight is 298 g/mol. The first-order valence-corrected chi connectivity index (χ1v) is 7.64. The summed E-state index contributed by atoms with van der Waals surface area (Å²) in [5.74, 6) is 0.284. The molecule has 0 saturated heterocycles. The van der Waals surface area contributed by atoms with Crippen molar-refractivity contribution in [2.75, 3.05) is 13.7 Å². The lowest BCUT2D eigenvalue weighted by atomic mass is 9.79. The molecule has 0 fully saturated rings. The normalized spacial score (nSPS) is 21.2. The Hall–Kier alpha value is -2.07. The standard InChI is InChI=1S/C18H22N2O2/c1-11(10-21)7-13-8-17(20(3)12(2)22)15-9-19-16-6-4-5-14(13)18(15)16/h4-7,9,13,17,19,21H,8,10H2,1-3H3/b11-7-. The Morgan fingerprint density at radius 2 is 2.18 bits per heavy atom. The van der Waals surface area contributed by atoms with Gasteiger partial charge in [-0.05, 0) is 25.0 Å². The minimum Gasteiger partial charge on any atom is -0.392 e. The van der Waals surface area contributed by atoms with E-state index in [0.29, 0.717) is 0 Å². The maximum atomic E-state index is 11.8. The van der Waals surface area contributed by atoms with Crippen LogP contribution in [0, 0.1) is 0 Å². The van der Waals surface area contributed by atoms with Gasteiger partial charge in [0.25, 0.3) is 0 Å². The zero-order chi connectivity index (χ0) is 15.9. The second kappa shape index (κ2) is 5.61. The van der Waals surface area contributed by atoms with Gasteiger partial charge in [0, 0.05) is 42.6 Å². The molecule has 0 radical (unpaired) electrons. The smallest absolute Gasteiger partial charge is 0.219 e. The minimum atomic E-state index is 0.0638. The summed E-state index contributed by atoms with van der Waals surface area (Å²) in [4.78, 5) is 17.0. The summed E-state index contributed by atoms with van der Waals surface area (Å²) in [5, 5.41) is 10.6. The van der Waals surface area contributed by atoms with Crippen molar-refractivity contribution in [3.05, 3.63) is 47.2 Å². The fourth-order valence-electron chi connectivity index (χ4n) is 3.45. The van der Waals surface area contributed by atoms with Gasteiger partial charge in [-0.25, -0.2) is 0 Å². The molecule has 2 aromatic rings. The molecule has 0 bridgehead atoms. The fraction of sp³-hybridized carbons (Fsp3) is 0.389. The third-order valence-electron chi connectivity index (χ3n) is 4.70. The number of amides is 1. The highest BCUT2D eigenvalue weighted by molar-refractivity contribution is 5.89. The predicted molar refractivity (Wildman–Crippen MR) is 87.7 cm³/mol. The third-order valence-corrected chi connectivity index (χ3v) is 4.70. The zero-order valence-corrected chi connectivity index (χ0v) is 13.3. The molecule has 1 amide bonds. The molecular formula is C18H22N2O2. The van der Waals surface area contributed by atoms with Gasteiger partial charge in [0.05, 0.1) is 12.6 Å². The Balaban J connectivity index is 2.17. The van der Waals surface area contributed by atoms with Gasteiger partial charge in [0.1, 0.15) is 0 Å². The maximum absolute atomic E-state index is 11.8. The van der Waals surface area contributed by atoms with Gasteiger partial charge in [-0.3, -0.25) is 4.79 Å². The summed E-state index contributed by atoms with van der Waals surface area (Å²) in [6, 6.07) is 6.34. The van der Waals surface area contributed by atoms with Gasteiger partial charge in [-0.15, -0.1) is 0 Å². The molecule has 0 saturated carbocycles. The molecule has 4 heteroatoms. The highest BCUT2D eigenvalue weighted by Gasteiger charge is 2.32. The van der Waals surface area contributed by atoms with E-state index in [0.717, 1.165) is 17.5 Å². The molecular weight excluding hydrogens is 276 g/mol. The number of allylic oxidation sites excluding steroid dienone is 1. The van der Waals surface area contributed by atoms with E-state index >= 15 is 0 Å². The predicted octanol–water partition coefficient (Wildman–Crippen LogP) is 3.11. The van der Waals surface area contributed by atoms with Crippen molar-refractivity contribution in [1.29, 1.82) is 0 Å². The molecule has 22 heavy (non-hydrogen) atoms. The Morgan fingerprint density at radius 3 is 2.86 bits per heavy atom. The number of H-pyrrole nitrogens is 1. The van der Waals surface area contributed by atoms with Crippen LogP contribution in [0.1, 0.15) is 43.4 Å². The highest BCUT2D eigenvalue weighted by Crippen LogP contribution is 2.44. The van der Waals surface area contributed by atoms with Crippen molar-refractivity contribution >= 4 is 16.8 Å². The van der Waals surface area contributed by atoms with E-state index in [1.165, 1.54) is 16.5 Å². The van der Waals surface area contributed by atoms with E-state index in [4.69, 9.17) is 0 Å². The monoisotopic (exact) mass is 298 g/mol. The van der Waals surface area contributed by atoms with Crippen LogP contribution in [-0.2, 0) is 4.79 Å². The zero-order valence-electron chi connectivity index (χ0n) is 13.3. The summed E-state index contributed by atoms with van der Waals surface area (Å²) in [7, 11) is 1.86. The first-order chi connectivity index (χ1) is 10.5.